The van der Waals surface area contributed by atoms with Crippen LogP contribution in [0.25, 0.3) is 0 Å². The first kappa shape index (κ1) is 15.4. The molecule has 0 aliphatic rings. The van der Waals surface area contributed by atoms with Gasteiger partial charge in [0.2, 0.25) is 0 Å². The molecule has 2 rings (SSSR count). The van der Waals surface area contributed by atoms with E-state index in [0.29, 0.717) is 13.2 Å². The topological polar surface area (TPSA) is 43.6 Å². The number of hydrogen-bond donors (Lipinski definition) is 1. The zero-order valence-electron chi connectivity index (χ0n) is 12.9. The van der Waals surface area contributed by atoms with Crippen molar-refractivity contribution >= 4 is 0 Å². The summed E-state index contributed by atoms with van der Waals surface area (Å²) >= 11 is 0. The lowest BCUT2D eigenvalue weighted by atomic mass is 10.2. The van der Waals surface area contributed by atoms with Crippen molar-refractivity contribution in [3.63, 3.8) is 0 Å². The number of nitrogens with one attached hydrogen (secondary N) is 1. The van der Waals surface area contributed by atoms with Crippen LogP contribution in [0.15, 0.2) is 41.0 Å². The quantitative estimate of drug-likeness (QED) is 0.803. The van der Waals surface area contributed by atoms with Gasteiger partial charge in [0.05, 0.1) is 25.5 Å². The molecule has 114 valence electrons. The molecule has 0 amide bonds. The van der Waals surface area contributed by atoms with E-state index in [1.807, 2.05) is 45.0 Å². The lowest BCUT2D eigenvalue weighted by Crippen LogP contribution is -2.13. The molecule has 0 saturated carbocycles. The molecule has 1 aromatic carbocycles. The molecule has 1 N–H and O–H groups in total. The Balaban J connectivity index is 1.97. The van der Waals surface area contributed by atoms with Gasteiger partial charge in [0, 0.05) is 6.54 Å². The maximum Gasteiger partial charge on any atom is 0.161 e. The van der Waals surface area contributed by atoms with E-state index in [1.54, 1.807) is 6.26 Å². The molecule has 1 aromatic heterocycles. The zero-order chi connectivity index (χ0) is 15.1. The van der Waals surface area contributed by atoms with Crippen LogP contribution in [0.4, 0.5) is 0 Å². The summed E-state index contributed by atoms with van der Waals surface area (Å²) in [5, 5.41) is 3.34. The van der Waals surface area contributed by atoms with Crippen LogP contribution in [0.5, 0.6) is 11.5 Å². The molecule has 0 aliphatic heterocycles. The van der Waals surface area contributed by atoms with Crippen molar-refractivity contribution in [2.24, 2.45) is 0 Å². The van der Waals surface area contributed by atoms with Gasteiger partial charge in [0.25, 0.3) is 0 Å². The Morgan fingerprint density at radius 2 is 2.00 bits per heavy atom. The molecule has 2 aromatic rings. The number of ether oxygens (including phenoxy) is 2. The van der Waals surface area contributed by atoms with E-state index < -0.39 is 0 Å². The van der Waals surface area contributed by atoms with E-state index in [0.717, 1.165) is 29.4 Å². The Morgan fingerprint density at radius 3 is 2.67 bits per heavy atom. The molecule has 0 saturated heterocycles. The van der Waals surface area contributed by atoms with Gasteiger partial charge in [-0.25, -0.2) is 0 Å². The molecule has 0 bridgehead atoms. The van der Waals surface area contributed by atoms with Crippen LogP contribution in [0.3, 0.4) is 0 Å². The van der Waals surface area contributed by atoms with E-state index >= 15 is 0 Å². The third-order valence-corrected chi connectivity index (χ3v) is 2.88. The molecule has 0 unspecified atom stereocenters. The summed E-state index contributed by atoms with van der Waals surface area (Å²) in [6, 6.07) is 9.89. The largest absolute Gasteiger partial charge is 0.490 e. The van der Waals surface area contributed by atoms with Crippen molar-refractivity contribution in [1.82, 2.24) is 5.32 Å². The van der Waals surface area contributed by atoms with Gasteiger partial charge in [-0.05, 0) is 50.6 Å². The van der Waals surface area contributed by atoms with Crippen LogP contribution in [0, 0.1) is 0 Å². The molecule has 0 radical (unpaired) electrons. The highest BCUT2D eigenvalue weighted by atomic mass is 16.5. The Bertz CT molecular complexity index is 535. The average molecular weight is 289 g/mol. The van der Waals surface area contributed by atoms with Crippen LogP contribution >= 0.6 is 0 Å². The minimum Gasteiger partial charge on any atom is -0.490 e. The average Bonchev–Trinajstić information content (AvgIpc) is 2.94. The number of furan rings is 1. The van der Waals surface area contributed by atoms with E-state index in [4.69, 9.17) is 13.9 Å². The number of hydrogen-bond acceptors (Lipinski definition) is 4. The normalized spacial score (nSPS) is 10.9. The van der Waals surface area contributed by atoms with Gasteiger partial charge in [-0.3, -0.25) is 0 Å². The standard InChI is InChI=1S/C17H23NO3/c1-4-19-17-10-14(7-8-16(17)21-13(2)3)11-18-12-15-6-5-9-20-15/h5-10,13,18H,4,11-12H2,1-3H3. The maximum absolute atomic E-state index is 5.76. The minimum absolute atomic E-state index is 0.132. The van der Waals surface area contributed by atoms with E-state index in [1.165, 1.54) is 0 Å². The summed E-state index contributed by atoms with van der Waals surface area (Å²) in [6.07, 6.45) is 1.81. The fraction of sp³-hybridized carbons (Fsp3) is 0.412. The van der Waals surface area contributed by atoms with Gasteiger partial charge in [0.1, 0.15) is 5.76 Å². The van der Waals surface area contributed by atoms with E-state index in [-0.39, 0.29) is 6.10 Å². The van der Waals surface area contributed by atoms with Crippen LogP contribution in [0.1, 0.15) is 32.1 Å². The van der Waals surface area contributed by atoms with Crippen LogP contribution in [-0.2, 0) is 13.1 Å². The number of rotatable bonds is 8. The zero-order valence-corrected chi connectivity index (χ0v) is 12.9. The first-order valence-corrected chi connectivity index (χ1v) is 7.34. The second-order valence-corrected chi connectivity index (χ2v) is 5.06. The summed E-state index contributed by atoms with van der Waals surface area (Å²) in [4.78, 5) is 0. The minimum atomic E-state index is 0.132. The molecule has 0 atom stereocenters. The summed E-state index contributed by atoms with van der Waals surface area (Å²) in [5.41, 5.74) is 1.15. The molecule has 0 aliphatic carbocycles. The van der Waals surface area contributed by atoms with Gasteiger partial charge < -0.3 is 19.2 Å². The highest BCUT2D eigenvalue weighted by Crippen LogP contribution is 2.29. The molecule has 4 heteroatoms. The molecular weight excluding hydrogens is 266 g/mol. The van der Waals surface area contributed by atoms with Crippen molar-refractivity contribution in [1.29, 1.82) is 0 Å². The molecule has 0 fully saturated rings. The fourth-order valence-electron chi connectivity index (χ4n) is 2.03. The summed E-state index contributed by atoms with van der Waals surface area (Å²) in [5.74, 6) is 2.52. The first-order valence-electron chi connectivity index (χ1n) is 7.34. The molecule has 4 nitrogen and oxygen atoms in total. The fourth-order valence-corrected chi connectivity index (χ4v) is 2.03. The predicted molar refractivity (Wildman–Crippen MR) is 82.6 cm³/mol. The summed E-state index contributed by atoms with van der Waals surface area (Å²) in [6.45, 7) is 8.08. The monoisotopic (exact) mass is 289 g/mol. The van der Waals surface area contributed by atoms with Gasteiger partial charge in [-0.15, -0.1) is 0 Å². The highest BCUT2D eigenvalue weighted by molar-refractivity contribution is 5.43. The highest BCUT2D eigenvalue weighted by Gasteiger charge is 2.08. The van der Waals surface area contributed by atoms with Gasteiger partial charge >= 0.3 is 0 Å². The number of benzene rings is 1. The van der Waals surface area contributed by atoms with Crippen LogP contribution in [-0.4, -0.2) is 12.7 Å². The molecule has 21 heavy (non-hydrogen) atoms. The van der Waals surface area contributed by atoms with Crippen molar-refractivity contribution in [2.45, 2.75) is 40.0 Å². The Kier molecular flexibility index (Phi) is 5.69. The lowest BCUT2D eigenvalue weighted by molar-refractivity contribution is 0.223. The summed E-state index contributed by atoms with van der Waals surface area (Å²) < 4.78 is 16.7. The SMILES string of the molecule is CCOc1cc(CNCc2ccco2)ccc1OC(C)C. The molecular formula is C17H23NO3. The van der Waals surface area contributed by atoms with E-state index in [2.05, 4.69) is 11.4 Å². The lowest BCUT2D eigenvalue weighted by Gasteiger charge is -2.15. The Morgan fingerprint density at radius 1 is 1.14 bits per heavy atom. The Labute approximate surface area is 126 Å². The maximum atomic E-state index is 5.76. The molecule has 1 heterocycles. The van der Waals surface area contributed by atoms with E-state index in [9.17, 15) is 0 Å². The van der Waals surface area contributed by atoms with Crippen molar-refractivity contribution < 1.29 is 13.9 Å². The first-order chi connectivity index (χ1) is 10.2. The van der Waals surface area contributed by atoms with Gasteiger partial charge in [0.15, 0.2) is 11.5 Å². The van der Waals surface area contributed by atoms with Crippen molar-refractivity contribution in [3.05, 3.63) is 47.9 Å². The smallest absolute Gasteiger partial charge is 0.161 e. The van der Waals surface area contributed by atoms with Crippen LogP contribution < -0.4 is 14.8 Å². The Hall–Kier alpha value is -1.94. The second kappa shape index (κ2) is 7.74. The van der Waals surface area contributed by atoms with Gasteiger partial charge in [-0.2, -0.15) is 0 Å². The van der Waals surface area contributed by atoms with Gasteiger partial charge in [-0.1, -0.05) is 6.07 Å². The molecule has 0 spiro atoms. The third-order valence-electron chi connectivity index (χ3n) is 2.88. The third kappa shape index (κ3) is 4.83. The summed E-state index contributed by atoms with van der Waals surface area (Å²) in [7, 11) is 0. The van der Waals surface area contributed by atoms with Crippen LogP contribution in [0.2, 0.25) is 0 Å². The predicted octanol–water partition coefficient (Wildman–Crippen LogP) is 3.76. The second-order valence-electron chi connectivity index (χ2n) is 5.06. The van der Waals surface area contributed by atoms with Crippen molar-refractivity contribution in [3.8, 4) is 11.5 Å². The van der Waals surface area contributed by atoms with Crippen molar-refractivity contribution in [2.75, 3.05) is 6.61 Å².